The van der Waals surface area contributed by atoms with Crippen LogP contribution in [0.1, 0.15) is 0 Å². The number of hydrogen-bond donors (Lipinski definition) is 1. The van der Waals surface area contributed by atoms with E-state index in [4.69, 9.17) is 5.73 Å². The van der Waals surface area contributed by atoms with Gasteiger partial charge < -0.3 is 10.1 Å². The molecule has 24 heavy (non-hydrogen) atoms. The fourth-order valence-corrected chi connectivity index (χ4v) is 2.89. The number of fused-ring (bicyclic) bond motifs is 1. The quantitative estimate of drug-likeness (QED) is 0.611. The van der Waals surface area contributed by atoms with E-state index >= 15 is 0 Å². The first-order valence-electron chi connectivity index (χ1n) is 7.03. The molecule has 0 atom stereocenters. The number of nitrogen functional groups attached to an aromatic ring is 1. The number of rotatable bonds is 3. The third-order valence-corrected chi connectivity index (χ3v) is 4.04. The van der Waals surface area contributed by atoms with Gasteiger partial charge in [-0.2, -0.15) is 9.19 Å². The standard InChI is InChI=1S/C16H11F2N5S/c17-12-3-1-10(2-4-12)15-13(9-23(21-15)24-18)11-7-14(19)16-20-5-6-22(16)8-11/h1-9H,19H2. The van der Waals surface area contributed by atoms with Gasteiger partial charge in [0.2, 0.25) is 0 Å². The summed E-state index contributed by atoms with van der Waals surface area (Å²) in [5, 5.41) is 4.22. The Kier molecular flexibility index (Phi) is 3.46. The highest BCUT2D eigenvalue weighted by molar-refractivity contribution is 7.92. The Labute approximate surface area is 140 Å². The second-order valence-corrected chi connectivity index (χ2v) is 5.72. The first-order chi connectivity index (χ1) is 11.7. The SMILES string of the molecule is Nc1cc(-c2cn(SF)nc2-c2ccc(F)cc2)cn2ccnc12. The number of halogens is 2. The molecule has 0 fully saturated rings. The van der Waals surface area contributed by atoms with Crippen molar-refractivity contribution in [3.05, 3.63) is 60.9 Å². The maximum absolute atomic E-state index is 13.2. The number of imidazole rings is 1. The largest absolute Gasteiger partial charge is 0.396 e. The van der Waals surface area contributed by atoms with Crippen molar-refractivity contribution >= 4 is 23.7 Å². The van der Waals surface area contributed by atoms with Crippen LogP contribution in [0.3, 0.4) is 0 Å². The Bertz CT molecular complexity index is 1020. The van der Waals surface area contributed by atoms with Crippen LogP contribution in [0.15, 0.2) is 55.1 Å². The van der Waals surface area contributed by atoms with Gasteiger partial charge in [0.05, 0.1) is 5.69 Å². The maximum Gasteiger partial charge on any atom is 0.187 e. The van der Waals surface area contributed by atoms with Gasteiger partial charge >= 0.3 is 0 Å². The average Bonchev–Trinajstić information content (AvgIpc) is 3.22. The number of pyridine rings is 1. The van der Waals surface area contributed by atoms with Gasteiger partial charge in [-0.15, -0.1) is 3.89 Å². The fourth-order valence-electron chi connectivity index (χ4n) is 2.63. The van der Waals surface area contributed by atoms with E-state index in [1.54, 1.807) is 41.2 Å². The topological polar surface area (TPSA) is 61.1 Å². The van der Waals surface area contributed by atoms with Crippen LogP contribution in [0, 0.1) is 5.82 Å². The number of nitrogens with two attached hydrogens (primary N) is 1. The van der Waals surface area contributed by atoms with Gasteiger partial charge in [-0.1, -0.05) is 0 Å². The van der Waals surface area contributed by atoms with Crippen LogP contribution < -0.4 is 5.73 Å². The lowest BCUT2D eigenvalue weighted by molar-refractivity contribution is 0.628. The molecule has 0 saturated heterocycles. The molecule has 2 N–H and O–H groups in total. The van der Waals surface area contributed by atoms with Gasteiger partial charge in [-0.05, 0) is 30.3 Å². The molecule has 0 amide bonds. The molecule has 0 saturated carbocycles. The lowest BCUT2D eigenvalue weighted by atomic mass is 10.0. The van der Waals surface area contributed by atoms with Crippen LogP contribution in [-0.2, 0) is 0 Å². The van der Waals surface area contributed by atoms with Gasteiger partial charge in [-0.25, -0.2) is 9.37 Å². The zero-order valence-electron chi connectivity index (χ0n) is 12.2. The van der Waals surface area contributed by atoms with Gasteiger partial charge in [0, 0.05) is 41.5 Å². The van der Waals surface area contributed by atoms with Crippen molar-refractivity contribution in [2.45, 2.75) is 0 Å². The van der Waals surface area contributed by atoms with Crippen LogP contribution in [0.25, 0.3) is 28.0 Å². The minimum absolute atomic E-state index is 0.0131. The first-order valence-corrected chi connectivity index (χ1v) is 7.70. The third-order valence-electron chi connectivity index (χ3n) is 3.71. The monoisotopic (exact) mass is 343 g/mol. The van der Waals surface area contributed by atoms with E-state index in [0.717, 1.165) is 9.65 Å². The van der Waals surface area contributed by atoms with Crippen molar-refractivity contribution in [3.63, 3.8) is 0 Å². The Morgan fingerprint density at radius 3 is 2.62 bits per heavy atom. The maximum atomic E-state index is 13.2. The second-order valence-electron chi connectivity index (χ2n) is 5.21. The Balaban J connectivity index is 1.93. The summed E-state index contributed by atoms with van der Waals surface area (Å²) in [7, 11) is 0. The summed E-state index contributed by atoms with van der Waals surface area (Å²) in [5.41, 5.74) is 9.87. The molecule has 0 aliphatic carbocycles. The predicted molar refractivity (Wildman–Crippen MR) is 90.3 cm³/mol. The summed E-state index contributed by atoms with van der Waals surface area (Å²) in [6.07, 6.45) is 6.84. The van der Waals surface area contributed by atoms with Gasteiger partial charge in [-0.3, -0.25) is 0 Å². The van der Waals surface area contributed by atoms with E-state index in [-0.39, 0.29) is 18.2 Å². The highest BCUT2D eigenvalue weighted by atomic mass is 32.2. The van der Waals surface area contributed by atoms with E-state index in [1.807, 2.05) is 6.20 Å². The average molecular weight is 343 g/mol. The molecule has 0 aliphatic heterocycles. The minimum Gasteiger partial charge on any atom is -0.396 e. The molecule has 0 bridgehead atoms. The number of nitrogens with zero attached hydrogens (tertiary/aromatic N) is 4. The number of anilines is 1. The summed E-state index contributed by atoms with van der Waals surface area (Å²) in [4.78, 5) is 4.18. The van der Waals surface area contributed by atoms with Crippen molar-refractivity contribution < 1.29 is 8.28 Å². The molecule has 120 valence electrons. The Morgan fingerprint density at radius 2 is 1.88 bits per heavy atom. The highest BCUT2D eigenvalue weighted by Gasteiger charge is 2.16. The molecule has 5 nitrogen and oxygen atoms in total. The van der Waals surface area contributed by atoms with Crippen molar-refractivity contribution in [1.82, 2.24) is 18.6 Å². The molecular formula is C16H11F2N5S. The molecule has 0 spiro atoms. The molecule has 3 aromatic heterocycles. The smallest absolute Gasteiger partial charge is 0.187 e. The van der Waals surface area contributed by atoms with E-state index in [0.29, 0.717) is 28.2 Å². The summed E-state index contributed by atoms with van der Waals surface area (Å²) in [5.74, 6) is -0.344. The first kappa shape index (κ1) is 14.7. The van der Waals surface area contributed by atoms with Crippen LogP contribution >= 0.6 is 12.3 Å². The van der Waals surface area contributed by atoms with Crippen LogP contribution in [0.2, 0.25) is 0 Å². The minimum atomic E-state index is -0.344. The number of hydrogen-bond acceptors (Lipinski definition) is 4. The second kappa shape index (κ2) is 5.64. The summed E-state index contributed by atoms with van der Waals surface area (Å²) >= 11 is -0.0131. The lowest BCUT2D eigenvalue weighted by Crippen LogP contribution is -1.94. The van der Waals surface area contributed by atoms with E-state index in [2.05, 4.69) is 10.1 Å². The summed E-state index contributed by atoms with van der Waals surface area (Å²) < 4.78 is 29.1. The Hall–Kier alpha value is -2.87. The van der Waals surface area contributed by atoms with E-state index < -0.39 is 0 Å². The van der Waals surface area contributed by atoms with Crippen molar-refractivity contribution in [3.8, 4) is 22.4 Å². The van der Waals surface area contributed by atoms with Crippen LogP contribution in [0.5, 0.6) is 0 Å². The Morgan fingerprint density at radius 1 is 1.08 bits per heavy atom. The molecule has 8 heteroatoms. The highest BCUT2D eigenvalue weighted by Crippen LogP contribution is 2.34. The fraction of sp³-hybridized carbons (Fsp3) is 0. The van der Waals surface area contributed by atoms with Crippen LogP contribution in [-0.4, -0.2) is 18.6 Å². The van der Waals surface area contributed by atoms with Crippen molar-refractivity contribution in [1.29, 1.82) is 0 Å². The van der Waals surface area contributed by atoms with E-state index in [9.17, 15) is 8.28 Å². The molecule has 1 aromatic carbocycles. The number of aromatic nitrogens is 4. The van der Waals surface area contributed by atoms with Gasteiger partial charge in [0.15, 0.2) is 18.0 Å². The normalized spacial score (nSPS) is 11.2. The predicted octanol–water partition coefficient (Wildman–Crippen LogP) is 3.97. The van der Waals surface area contributed by atoms with Gasteiger partial charge in [0.25, 0.3) is 0 Å². The van der Waals surface area contributed by atoms with Crippen molar-refractivity contribution in [2.24, 2.45) is 0 Å². The van der Waals surface area contributed by atoms with Gasteiger partial charge in [0.1, 0.15) is 11.5 Å². The van der Waals surface area contributed by atoms with Crippen LogP contribution in [0.4, 0.5) is 14.0 Å². The molecule has 0 aliphatic rings. The zero-order valence-corrected chi connectivity index (χ0v) is 13.0. The molecule has 0 unspecified atom stereocenters. The summed E-state index contributed by atoms with van der Waals surface area (Å²) in [6.45, 7) is 0. The molecule has 4 aromatic rings. The summed E-state index contributed by atoms with van der Waals surface area (Å²) in [6, 6.07) is 7.66. The third kappa shape index (κ3) is 2.41. The van der Waals surface area contributed by atoms with E-state index in [1.165, 1.54) is 12.1 Å². The molecule has 4 rings (SSSR count). The number of benzene rings is 1. The molecule has 0 radical (unpaired) electrons. The molecule has 3 heterocycles. The lowest BCUT2D eigenvalue weighted by Gasteiger charge is -2.06. The van der Waals surface area contributed by atoms with Crippen molar-refractivity contribution in [2.75, 3.05) is 5.73 Å². The zero-order chi connectivity index (χ0) is 16.7. The molecular weight excluding hydrogens is 332 g/mol.